The summed E-state index contributed by atoms with van der Waals surface area (Å²) in [6.45, 7) is 3.36. The molecule has 0 unspecified atom stereocenters. The van der Waals surface area contributed by atoms with Crippen molar-refractivity contribution < 1.29 is 4.79 Å². The van der Waals surface area contributed by atoms with E-state index in [9.17, 15) is 4.79 Å². The second kappa shape index (κ2) is 6.96. The number of hydrogen-bond donors (Lipinski definition) is 1. The number of H-pyrrole nitrogens is 1. The Hall–Kier alpha value is -1.82. The predicted octanol–water partition coefficient (Wildman–Crippen LogP) is 2.82. The molecule has 0 atom stereocenters. The Balaban J connectivity index is 1.52. The number of aromatic nitrogens is 3. The van der Waals surface area contributed by atoms with Crippen molar-refractivity contribution in [1.82, 2.24) is 20.1 Å². The zero-order valence-corrected chi connectivity index (χ0v) is 13.5. The highest BCUT2D eigenvalue weighted by atomic mass is 32.2. The first-order valence-electron chi connectivity index (χ1n) is 7.63. The molecular weight excluding hydrogens is 296 g/mol. The summed E-state index contributed by atoms with van der Waals surface area (Å²) in [5.74, 6) is 2.02. The molecular formula is C16H20N4OS. The fourth-order valence-corrected chi connectivity index (χ4v) is 2.97. The van der Waals surface area contributed by atoms with Gasteiger partial charge in [0.2, 0.25) is 11.1 Å². The molecule has 1 heterocycles. The summed E-state index contributed by atoms with van der Waals surface area (Å²) < 4.78 is 0. The normalized spacial score (nSPS) is 14.0. The molecule has 6 heteroatoms. The Labute approximate surface area is 134 Å². The summed E-state index contributed by atoms with van der Waals surface area (Å²) in [5, 5.41) is 7.81. The van der Waals surface area contributed by atoms with Crippen LogP contribution in [0.5, 0.6) is 0 Å². The van der Waals surface area contributed by atoms with E-state index in [0.717, 1.165) is 11.4 Å². The number of carbonyl (C=O) groups is 1. The zero-order chi connectivity index (χ0) is 15.4. The van der Waals surface area contributed by atoms with Crippen LogP contribution in [0.2, 0.25) is 0 Å². The van der Waals surface area contributed by atoms with E-state index < -0.39 is 0 Å². The lowest BCUT2D eigenvalue weighted by atomic mass is 10.2. The highest BCUT2D eigenvalue weighted by Crippen LogP contribution is 2.38. The van der Waals surface area contributed by atoms with Crippen molar-refractivity contribution in [3.63, 3.8) is 0 Å². The number of nitrogens with zero attached hydrogens (tertiary/aromatic N) is 3. The summed E-state index contributed by atoms with van der Waals surface area (Å²) in [7, 11) is 0. The minimum Gasteiger partial charge on any atom is -0.338 e. The van der Waals surface area contributed by atoms with Crippen LogP contribution in [-0.2, 0) is 11.3 Å². The van der Waals surface area contributed by atoms with Crippen molar-refractivity contribution in [3.8, 4) is 0 Å². The third kappa shape index (κ3) is 3.88. The van der Waals surface area contributed by atoms with Crippen LogP contribution in [0.3, 0.4) is 0 Å². The largest absolute Gasteiger partial charge is 0.338 e. The van der Waals surface area contributed by atoms with Crippen LogP contribution >= 0.6 is 11.8 Å². The topological polar surface area (TPSA) is 61.9 Å². The molecule has 1 aliphatic carbocycles. The van der Waals surface area contributed by atoms with E-state index in [1.165, 1.54) is 24.6 Å². The molecule has 1 amide bonds. The molecule has 0 aliphatic heterocycles. The first-order valence-corrected chi connectivity index (χ1v) is 8.61. The summed E-state index contributed by atoms with van der Waals surface area (Å²) >= 11 is 1.40. The molecule has 1 fully saturated rings. The van der Waals surface area contributed by atoms with Crippen molar-refractivity contribution in [1.29, 1.82) is 0 Å². The third-order valence-electron chi connectivity index (χ3n) is 3.72. The molecule has 0 radical (unpaired) electrons. The first kappa shape index (κ1) is 15.1. The zero-order valence-electron chi connectivity index (χ0n) is 12.7. The van der Waals surface area contributed by atoms with E-state index in [0.29, 0.717) is 29.9 Å². The Bertz CT molecular complexity index is 624. The second-order valence-electron chi connectivity index (χ2n) is 5.46. The van der Waals surface area contributed by atoms with Crippen LogP contribution in [0.15, 0.2) is 35.5 Å². The maximum atomic E-state index is 12.3. The highest BCUT2D eigenvalue weighted by Gasteiger charge is 2.27. The van der Waals surface area contributed by atoms with Gasteiger partial charge in [0.25, 0.3) is 0 Å². The van der Waals surface area contributed by atoms with Crippen LogP contribution in [0, 0.1) is 0 Å². The molecule has 5 nitrogen and oxygen atoms in total. The smallest absolute Gasteiger partial charge is 0.233 e. The number of hydrogen-bond acceptors (Lipinski definition) is 4. The number of carbonyl (C=O) groups excluding carboxylic acids is 1. The average Bonchev–Trinajstić information content (AvgIpc) is 3.30. The summed E-state index contributed by atoms with van der Waals surface area (Å²) in [5.41, 5.74) is 1.15. The molecule has 116 valence electrons. The quantitative estimate of drug-likeness (QED) is 0.798. The van der Waals surface area contributed by atoms with Crippen molar-refractivity contribution in [3.05, 3.63) is 41.7 Å². The van der Waals surface area contributed by atoms with E-state index in [2.05, 4.69) is 15.2 Å². The number of thioether (sulfide) groups is 1. The standard InChI is InChI=1S/C16H20N4OS/c1-2-20(10-12-6-4-3-5-7-12)14(21)11-22-16-17-15(18-19-16)13-8-9-13/h3-7,13H,2,8-11H2,1H3,(H,17,18,19). The van der Waals surface area contributed by atoms with Gasteiger partial charge in [-0.3, -0.25) is 9.89 Å². The Morgan fingerprint density at radius 3 is 2.82 bits per heavy atom. The van der Waals surface area contributed by atoms with Crippen molar-refractivity contribution in [2.45, 2.75) is 37.4 Å². The fourth-order valence-electron chi connectivity index (χ4n) is 2.26. The molecule has 0 saturated heterocycles. The summed E-state index contributed by atoms with van der Waals surface area (Å²) in [6.07, 6.45) is 2.39. The molecule has 1 aliphatic rings. The molecule has 0 bridgehead atoms. The van der Waals surface area contributed by atoms with E-state index in [1.807, 2.05) is 42.2 Å². The number of benzene rings is 1. The summed E-state index contributed by atoms with van der Waals surface area (Å²) in [6, 6.07) is 10.1. The van der Waals surface area contributed by atoms with Crippen LogP contribution in [0.1, 0.15) is 37.1 Å². The van der Waals surface area contributed by atoms with Gasteiger partial charge < -0.3 is 4.90 Å². The fraction of sp³-hybridized carbons (Fsp3) is 0.438. The minimum atomic E-state index is 0.120. The molecule has 1 saturated carbocycles. The lowest BCUT2D eigenvalue weighted by Gasteiger charge is -2.20. The van der Waals surface area contributed by atoms with Gasteiger partial charge in [0.1, 0.15) is 5.82 Å². The lowest BCUT2D eigenvalue weighted by Crippen LogP contribution is -2.31. The van der Waals surface area contributed by atoms with Crippen LogP contribution < -0.4 is 0 Å². The molecule has 1 aromatic heterocycles. The van der Waals surface area contributed by atoms with Gasteiger partial charge >= 0.3 is 0 Å². The van der Waals surface area contributed by atoms with Crippen LogP contribution in [-0.4, -0.2) is 38.3 Å². The first-order chi connectivity index (χ1) is 10.8. The number of rotatable bonds is 7. The predicted molar refractivity (Wildman–Crippen MR) is 86.6 cm³/mol. The van der Waals surface area contributed by atoms with Gasteiger partial charge in [0, 0.05) is 19.0 Å². The van der Waals surface area contributed by atoms with Crippen LogP contribution in [0.25, 0.3) is 0 Å². The monoisotopic (exact) mass is 316 g/mol. The second-order valence-corrected chi connectivity index (χ2v) is 6.40. The van der Waals surface area contributed by atoms with E-state index >= 15 is 0 Å². The number of nitrogens with one attached hydrogen (secondary N) is 1. The SMILES string of the molecule is CCN(Cc1ccccc1)C(=O)CSc1n[nH]c(C2CC2)n1. The third-order valence-corrected chi connectivity index (χ3v) is 4.55. The van der Waals surface area contributed by atoms with Gasteiger partial charge in [0.15, 0.2) is 0 Å². The maximum Gasteiger partial charge on any atom is 0.233 e. The minimum absolute atomic E-state index is 0.120. The van der Waals surface area contributed by atoms with E-state index in [1.54, 1.807) is 0 Å². The Morgan fingerprint density at radius 1 is 1.36 bits per heavy atom. The van der Waals surface area contributed by atoms with Crippen molar-refractivity contribution >= 4 is 17.7 Å². The Kier molecular flexibility index (Phi) is 4.77. The molecule has 3 rings (SSSR count). The van der Waals surface area contributed by atoms with Gasteiger partial charge in [-0.15, -0.1) is 5.10 Å². The van der Waals surface area contributed by atoms with E-state index in [-0.39, 0.29) is 5.91 Å². The molecule has 1 aromatic carbocycles. The van der Waals surface area contributed by atoms with Gasteiger partial charge in [-0.1, -0.05) is 42.1 Å². The van der Waals surface area contributed by atoms with Gasteiger partial charge in [-0.2, -0.15) is 0 Å². The van der Waals surface area contributed by atoms with Gasteiger partial charge in [-0.05, 0) is 25.3 Å². The van der Waals surface area contributed by atoms with Crippen molar-refractivity contribution in [2.24, 2.45) is 0 Å². The molecule has 22 heavy (non-hydrogen) atoms. The molecule has 2 aromatic rings. The van der Waals surface area contributed by atoms with Crippen molar-refractivity contribution in [2.75, 3.05) is 12.3 Å². The number of aromatic amines is 1. The van der Waals surface area contributed by atoms with Gasteiger partial charge in [-0.25, -0.2) is 4.98 Å². The maximum absolute atomic E-state index is 12.3. The lowest BCUT2D eigenvalue weighted by molar-refractivity contribution is -0.128. The summed E-state index contributed by atoms with van der Waals surface area (Å²) in [4.78, 5) is 18.6. The molecule has 0 spiro atoms. The number of amides is 1. The highest BCUT2D eigenvalue weighted by molar-refractivity contribution is 7.99. The van der Waals surface area contributed by atoms with E-state index in [4.69, 9.17) is 0 Å². The van der Waals surface area contributed by atoms with Crippen LogP contribution in [0.4, 0.5) is 0 Å². The van der Waals surface area contributed by atoms with Gasteiger partial charge in [0.05, 0.1) is 5.75 Å². The Morgan fingerprint density at radius 2 is 2.14 bits per heavy atom. The average molecular weight is 316 g/mol. The molecule has 1 N–H and O–H groups in total.